The molecule has 0 radical (unpaired) electrons. The van der Waals surface area contributed by atoms with E-state index in [9.17, 15) is 22.4 Å². The van der Waals surface area contributed by atoms with Gasteiger partial charge in [0.15, 0.2) is 5.13 Å². The van der Waals surface area contributed by atoms with E-state index < -0.39 is 17.6 Å². The standard InChI is InChI=1S/C19H23F4N3OS/c1-5-11(3)26(6-2)10-16-17(25-18(28-16)24-12(4)27)13-7-14(19(21,22)23)9-15(20)8-13/h7-9,11H,5-6,10H2,1-4H3,(H,24,25,27). The lowest BCUT2D eigenvalue weighted by Crippen LogP contribution is -2.31. The zero-order chi connectivity index (χ0) is 21.1. The van der Waals surface area contributed by atoms with Crippen LogP contribution in [0.4, 0.5) is 22.7 Å². The monoisotopic (exact) mass is 417 g/mol. The molecule has 28 heavy (non-hydrogen) atoms. The largest absolute Gasteiger partial charge is 0.416 e. The molecule has 1 unspecified atom stereocenters. The van der Waals surface area contributed by atoms with Crippen molar-refractivity contribution in [2.24, 2.45) is 0 Å². The van der Waals surface area contributed by atoms with Crippen LogP contribution in [0.15, 0.2) is 18.2 Å². The molecule has 0 aliphatic carbocycles. The molecule has 2 aromatic rings. The minimum atomic E-state index is -4.67. The summed E-state index contributed by atoms with van der Waals surface area (Å²) in [6, 6.07) is 2.63. The van der Waals surface area contributed by atoms with Crippen molar-refractivity contribution in [3.63, 3.8) is 0 Å². The van der Waals surface area contributed by atoms with Gasteiger partial charge in [0.05, 0.1) is 11.3 Å². The van der Waals surface area contributed by atoms with Gasteiger partial charge >= 0.3 is 6.18 Å². The summed E-state index contributed by atoms with van der Waals surface area (Å²) in [6.07, 6.45) is -3.77. The predicted octanol–water partition coefficient (Wildman–Crippen LogP) is 5.55. The van der Waals surface area contributed by atoms with Crippen molar-refractivity contribution >= 4 is 22.4 Å². The van der Waals surface area contributed by atoms with Gasteiger partial charge in [-0.3, -0.25) is 9.69 Å². The summed E-state index contributed by atoms with van der Waals surface area (Å²) in [5.41, 5.74) is -0.785. The van der Waals surface area contributed by atoms with Gasteiger partial charge in [-0.1, -0.05) is 25.2 Å². The number of benzene rings is 1. The molecule has 154 valence electrons. The third-order valence-corrected chi connectivity index (χ3v) is 5.40. The van der Waals surface area contributed by atoms with Crippen LogP contribution >= 0.6 is 11.3 Å². The Hall–Kier alpha value is -2.00. The SMILES string of the molecule is CCC(C)N(CC)Cc1sc(NC(C)=O)nc1-c1cc(F)cc(C(F)(F)F)c1. The highest BCUT2D eigenvalue weighted by Crippen LogP contribution is 2.37. The second-order valence-electron chi connectivity index (χ2n) is 6.52. The maximum atomic E-state index is 13.9. The first-order chi connectivity index (χ1) is 13.0. The highest BCUT2D eigenvalue weighted by Gasteiger charge is 2.32. The zero-order valence-corrected chi connectivity index (χ0v) is 17.0. The number of rotatable bonds is 7. The number of amides is 1. The Labute approximate surface area is 165 Å². The molecule has 0 bridgehead atoms. The van der Waals surface area contributed by atoms with E-state index in [-0.39, 0.29) is 28.3 Å². The molecular formula is C19H23F4N3OS. The second-order valence-corrected chi connectivity index (χ2v) is 7.60. The number of carbonyl (C=O) groups excluding carboxylic acids is 1. The van der Waals surface area contributed by atoms with E-state index in [0.717, 1.165) is 25.1 Å². The highest BCUT2D eigenvalue weighted by atomic mass is 32.1. The molecule has 2 rings (SSSR count). The van der Waals surface area contributed by atoms with Gasteiger partial charge in [-0.05, 0) is 38.1 Å². The van der Waals surface area contributed by atoms with Crippen LogP contribution in [0.2, 0.25) is 0 Å². The number of halogens is 4. The topological polar surface area (TPSA) is 45.2 Å². The van der Waals surface area contributed by atoms with E-state index >= 15 is 0 Å². The Bertz CT molecular complexity index is 835. The summed E-state index contributed by atoms with van der Waals surface area (Å²) in [7, 11) is 0. The lowest BCUT2D eigenvalue weighted by Gasteiger charge is -2.26. The first-order valence-electron chi connectivity index (χ1n) is 8.94. The maximum absolute atomic E-state index is 13.9. The van der Waals surface area contributed by atoms with E-state index in [4.69, 9.17) is 0 Å². The fourth-order valence-electron chi connectivity index (χ4n) is 2.80. The number of carbonyl (C=O) groups is 1. The van der Waals surface area contributed by atoms with Crippen molar-refractivity contribution in [3.05, 3.63) is 34.5 Å². The van der Waals surface area contributed by atoms with Crippen LogP contribution in [-0.2, 0) is 17.5 Å². The van der Waals surface area contributed by atoms with Gasteiger partial charge in [0.1, 0.15) is 5.82 Å². The molecule has 1 N–H and O–H groups in total. The van der Waals surface area contributed by atoms with E-state index in [1.165, 1.54) is 18.3 Å². The Morgan fingerprint density at radius 1 is 1.29 bits per heavy atom. The zero-order valence-electron chi connectivity index (χ0n) is 16.2. The summed E-state index contributed by atoms with van der Waals surface area (Å²) < 4.78 is 53.2. The van der Waals surface area contributed by atoms with Gasteiger partial charge in [0, 0.05) is 30.0 Å². The summed E-state index contributed by atoms with van der Waals surface area (Å²) in [5, 5.41) is 2.84. The van der Waals surface area contributed by atoms with Gasteiger partial charge in [-0.15, -0.1) is 0 Å². The average molecular weight is 417 g/mol. The predicted molar refractivity (Wildman–Crippen MR) is 103 cm³/mol. The number of hydrogen-bond donors (Lipinski definition) is 1. The van der Waals surface area contributed by atoms with Gasteiger partial charge in [0.2, 0.25) is 5.91 Å². The lowest BCUT2D eigenvalue weighted by atomic mass is 10.1. The smallest absolute Gasteiger partial charge is 0.302 e. The van der Waals surface area contributed by atoms with Gasteiger partial charge in [-0.2, -0.15) is 13.2 Å². The molecule has 0 fully saturated rings. The number of hydrogen-bond acceptors (Lipinski definition) is 4. The van der Waals surface area contributed by atoms with Crippen molar-refractivity contribution in [3.8, 4) is 11.3 Å². The highest BCUT2D eigenvalue weighted by molar-refractivity contribution is 7.16. The van der Waals surface area contributed by atoms with Crippen molar-refractivity contribution in [1.82, 2.24) is 9.88 Å². The number of nitrogens with zero attached hydrogens (tertiary/aromatic N) is 2. The molecule has 0 aliphatic heterocycles. The summed E-state index contributed by atoms with van der Waals surface area (Å²) in [6.45, 7) is 8.59. The maximum Gasteiger partial charge on any atom is 0.416 e. The third-order valence-electron chi connectivity index (χ3n) is 4.45. The first kappa shape index (κ1) is 22.3. The Kier molecular flexibility index (Phi) is 7.16. The normalized spacial score (nSPS) is 13.0. The molecule has 1 amide bonds. The lowest BCUT2D eigenvalue weighted by molar-refractivity contribution is -0.137. The first-order valence-corrected chi connectivity index (χ1v) is 9.76. The molecule has 0 spiro atoms. The average Bonchev–Trinajstić information content (AvgIpc) is 2.99. The number of alkyl halides is 3. The van der Waals surface area contributed by atoms with Crippen LogP contribution < -0.4 is 5.32 Å². The Morgan fingerprint density at radius 3 is 2.50 bits per heavy atom. The van der Waals surface area contributed by atoms with Gasteiger partial charge in [0.25, 0.3) is 0 Å². The van der Waals surface area contributed by atoms with Crippen LogP contribution in [0.3, 0.4) is 0 Å². The summed E-state index contributed by atoms with van der Waals surface area (Å²) in [4.78, 5) is 18.5. The molecule has 0 aliphatic rings. The van der Waals surface area contributed by atoms with Gasteiger partial charge < -0.3 is 5.32 Å². The van der Waals surface area contributed by atoms with Crippen LogP contribution in [0, 0.1) is 5.82 Å². The van der Waals surface area contributed by atoms with E-state index in [1.807, 2.05) is 13.8 Å². The molecular weight excluding hydrogens is 394 g/mol. The Balaban J connectivity index is 2.54. The van der Waals surface area contributed by atoms with E-state index in [2.05, 4.69) is 22.1 Å². The van der Waals surface area contributed by atoms with Crippen LogP contribution in [-0.4, -0.2) is 28.4 Å². The van der Waals surface area contributed by atoms with Crippen LogP contribution in [0.1, 0.15) is 44.6 Å². The molecule has 0 saturated heterocycles. The molecule has 1 aromatic carbocycles. The summed E-state index contributed by atoms with van der Waals surface area (Å²) >= 11 is 1.19. The quantitative estimate of drug-likeness (QED) is 0.601. The van der Waals surface area contributed by atoms with Crippen LogP contribution in [0.5, 0.6) is 0 Å². The fourth-order valence-corrected chi connectivity index (χ4v) is 3.86. The molecule has 1 atom stereocenters. The van der Waals surface area contributed by atoms with Crippen molar-refractivity contribution < 1.29 is 22.4 Å². The molecule has 1 heterocycles. The van der Waals surface area contributed by atoms with E-state index in [0.29, 0.717) is 17.5 Å². The van der Waals surface area contributed by atoms with Crippen molar-refractivity contribution in [2.75, 3.05) is 11.9 Å². The molecule has 9 heteroatoms. The minimum Gasteiger partial charge on any atom is -0.302 e. The van der Waals surface area contributed by atoms with Crippen molar-refractivity contribution in [2.45, 2.75) is 52.9 Å². The molecule has 4 nitrogen and oxygen atoms in total. The second kappa shape index (κ2) is 9.00. The minimum absolute atomic E-state index is 0.0374. The molecule has 0 saturated carbocycles. The van der Waals surface area contributed by atoms with Crippen LogP contribution in [0.25, 0.3) is 11.3 Å². The van der Waals surface area contributed by atoms with Gasteiger partial charge in [-0.25, -0.2) is 9.37 Å². The third kappa shape index (κ3) is 5.51. The van der Waals surface area contributed by atoms with Crippen molar-refractivity contribution in [1.29, 1.82) is 0 Å². The fraction of sp³-hybridized carbons (Fsp3) is 0.474. The number of nitrogens with one attached hydrogen (secondary N) is 1. The summed E-state index contributed by atoms with van der Waals surface area (Å²) in [5.74, 6) is -1.32. The number of anilines is 1. The van der Waals surface area contributed by atoms with E-state index in [1.54, 1.807) is 0 Å². The number of aromatic nitrogens is 1. The number of thiazole rings is 1. The Morgan fingerprint density at radius 2 is 1.96 bits per heavy atom. The molecule has 1 aromatic heterocycles.